The van der Waals surface area contributed by atoms with Gasteiger partial charge in [0.25, 0.3) is 10.0 Å². The quantitative estimate of drug-likeness (QED) is 0.881. The monoisotopic (exact) mass is 305 g/mol. The molecule has 0 saturated heterocycles. The van der Waals surface area contributed by atoms with Crippen LogP contribution in [0.2, 0.25) is 0 Å². The van der Waals surface area contributed by atoms with Gasteiger partial charge in [-0.15, -0.1) is 0 Å². The summed E-state index contributed by atoms with van der Waals surface area (Å²) < 4.78 is 27.2. The van der Waals surface area contributed by atoms with E-state index < -0.39 is 10.0 Å². The predicted octanol–water partition coefficient (Wildman–Crippen LogP) is 2.50. The fourth-order valence-electron chi connectivity index (χ4n) is 2.24. The summed E-state index contributed by atoms with van der Waals surface area (Å²) in [5, 5.41) is 0. The maximum absolute atomic E-state index is 12.9. The van der Waals surface area contributed by atoms with E-state index in [1.54, 1.807) is 44.4 Å². The minimum atomic E-state index is -3.65. The Morgan fingerprint density at radius 2 is 1.81 bits per heavy atom. The molecule has 5 nitrogen and oxygen atoms in total. The first-order valence-corrected chi connectivity index (χ1v) is 8.11. The third-order valence-corrected chi connectivity index (χ3v) is 5.48. The largest absolute Gasteiger partial charge is 0.399 e. The molecule has 0 fully saturated rings. The maximum atomic E-state index is 12.9. The first-order chi connectivity index (χ1) is 9.87. The van der Waals surface area contributed by atoms with Crippen LogP contribution in [0.4, 0.5) is 11.4 Å². The van der Waals surface area contributed by atoms with Crippen LogP contribution in [-0.2, 0) is 10.0 Å². The Morgan fingerprint density at radius 3 is 2.38 bits per heavy atom. The molecule has 0 spiro atoms. The molecule has 0 unspecified atom stereocenters. The van der Waals surface area contributed by atoms with Crippen molar-refractivity contribution in [1.82, 2.24) is 4.98 Å². The Hall–Kier alpha value is -2.08. The zero-order valence-corrected chi connectivity index (χ0v) is 13.2. The smallest absolute Gasteiger partial charge is 0.264 e. The summed E-state index contributed by atoms with van der Waals surface area (Å²) in [6, 6.07) is 6.64. The number of rotatable bonds is 4. The fraction of sp³-hybridized carbons (Fsp3) is 0.267. The van der Waals surface area contributed by atoms with Gasteiger partial charge in [-0.1, -0.05) is 0 Å². The number of sulfonamides is 1. The highest BCUT2D eigenvalue weighted by molar-refractivity contribution is 7.92. The highest BCUT2D eigenvalue weighted by Gasteiger charge is 2.26. The molecule has 0 bridgehead atoms. The van der Waals surface area contributed by atoms with E-state index in [0.717, 1.165) is 11.1 Å². The van der Waals surface area contributed by atoms with E-state index in [9.17, 15) is 8.42 Å². The second kappa shape index (κ2) is 5.73. The highest BCUT2D eigenvalue weighted by atomic mass is 32.2. The number of nitrogens with zero attached hydrogens (tertiary/aromatic N) is 2. The van der Waals surface area contributed by atoms with Crippen LogP contribution in [0.15, 0.2) is 41.6 Å². The summed E-state index contributed by atoms with van der Waals surface area (Å²) in [7, 11) is -3.65. The number of nitrogen functional groups attached to an aromatic ring is 1. The van der Waals surface area contributed by atoms with Gasteiger partial charge >= 0.3 is 0 Å². The molecule has 1 aromatic carbocycles. The van der Waals surface area contributed by atoms with Crippen molar-refractivity contribution in [1.29, 1.82) is 0 Å². The van der Waals surface area contributed by atoms with E-state index in [1.165, 1.54) is 10.4 Å². The molecule has 2 N–H and O–H groups in total. The molecule has 2 aromatic rings. The van der Waals surface area contributed by atoms with E-state index in [4.69, 9.17) is 5.73 Å². The van der Waals surface area contributed by atoms with Crippen LogP contribution in [0.5, 0.6) is 0 Å². The van der Waals surface area contributed by atoms with Crippen molar-refractivity contribution in [2.45, 2.75) is 25.7 Å². The lowest BCUT2D eigenvalue weighted by atomic mass is 10.1. The molecular weight excluding hydrogens is 286 g/mol. The molecule has 0 aliphatic heterocycles. The number of pyridine rings is 1. The van der Waals surface area contributed by atoms with E-state index >= 15 is 0 Å². The van der Waals surface area contributed by atoms with Gasteiger partial charge < -0.3 is 5.73 Å². The van der Waals surface area contributed by atoms with Crippen molar-refractivity contribution < 1.29 is 8.42 Å². The minimum absolute atomic E-state index is 0.249. The normalized spacial score (nSPS) is 11.4. The summed E-state index contributed by atoms with van der Waals surface area (Å²) in [6.45, 7) is 5.78. The first-order valence-electron chi connectivity index (χ1n) is 6.67. The molecule has 112 valence electrons. The van der Waals surface area contributed by atoms with Crippen LogP contribution < -0.4 is 10.0 Å². The van der Waals surface area contributed by atoms with Gasteiger partial charge in [0.15, 0.2) is 0 Å². The molecule has 1 aromatic heterocycles. The van der Waals surface area contributed by atoms with Crippen LogP contribution in [0.3, 0.4) is 0 Å². The van der Waals surface area contributed by atoms with Crippen LogP contribution in [0.1, 0.15) is 18.1 Å². The Balaban J connectivity index is 2.61. The van der Waals surface area contributed by atoms with Crippen LogP contribution in [0, 0.1) is 13.8 Å². The van der Waals surface area contributed by atoms with Crippen molar-refractivity contribution in [2.75, 3.05) is 16.6 Å². The molecular formula is C15H19N3O2S. The van der Waals surface area contributed by atoms with Crippen molar-refractivity contribution in [3.05, 3.63) is 47.8 Å². The number of anilines is 2. The Labute approximate surface area is 125 Å². The topological polar surface area (TPSA) is 76.3 Å². The standard InChI is InChI=1S/C15H19N3O2S/c1-4-18(14-5-7-17-8-6-14)21(19,20)15-10-13(16)9-11(2)12(15)3/h5-10H,4,16H2,1-3H3. The third-order valence-electron chi connectivity index (χ3n) is 3.45. The van der Waals surface area contributed by atoms with Crippen LogP contribution in [-0.4, -0.2) is 19.9 Å². The number of benzene rings is 1. The van der Waals surface area contributed by atoms with Gasteiger partial charge in [0.1, 0.15) is 0 Å². The van der Waals surface area contributed by atoms with E-state index in [1.807, 2.05) is 6.92 Å². The van der Waals surface area contributed by atoms with Gasteiger partial charge in [-0.05, 0) is 56.2 Å². The van der Waals surface area contributed by atoms with Gasteiger partial charge in [0.05, 0.1) is 10.6 Å². The minimum Gasteiger partial charge on any atom is -0.399 e. The lowest BCUT2D eigenvalue weighted by Crippen LogP contribution is -2.31. The number of hydrogen-bond acceptors (Lipinski definition) is 4. The molecule has 0 saturated carbocycles. The van der Waals surface area contributed by atoms with Crippen molar-refractivity contribution in [2.24, 2.45) is 0 Å². The molecule has 1 heterocycles. The summed E-state index contributed by atoms with van der Waals surface area (Å²) in [5.74, 6) is 0. The van der Waals surface area contributed by atoms with Gasteiger partial charge in [-0.25, -0.2) is 8.42 Å². The lowest BCUT2D eigenvalue weighted by molar-refractivity contribution is 0.591. The van der Waals surface area contributed by atoms with E-state index in [0.29, 0.717) is 17.9 Å². The van der Waals surface area contributed by atoms with Gasteiger partial charge in [0, 0.05) is 24.6 Å². The number of aromatic nitrogens is 1. The zero-order chi connectivity index (χ0) is 15.6. The molecule has 21 heavy (non-hydrogen) atoms. The predicted molar refractivity (Wildman–Crippen MR) is 84.8 cm³/mol. The first kappa shape index (κ1) is 15.3. The maximum Gasteiger partial charge on any atom is 0.264 e. The molecule has 0 amide bonds. The number of hydrogen-bond donors (Lipinski definition) is 1. The van der Waals surface area contributed by atoms with Gasteiger partial charge in [0.2, 0.25) is 0 Å². The summed E-state index contributed by atoms with van der Waals surface area (Å²) in [6.07, 6.45) is 3.15. The average Bonchev–Trinajstić information content (AvgIpc) is 2.44. The molecule has 0 atom stereocenters. The van der Waals surface area contributed by atoms with Crippen molar-refractivity contribution >= 4 is 21.4 Å². The fourth-order valence-corrected chi connectivity index (χ4v) is 4.05. The number of nitrogens with two attached hydrogens (primary N) is 1. The van der Waals surface area contributed by atoms with Gasteiger partial charge in [-0.3, -0.25) is 9.29 Å². The molecule has 0 radical (unpaired) electrons. The third kappa shape index (κ3) is 2.85. The Kier molecular flexibility index (Phi) is 4.18. The van der Waals surface area contributed by atoms with Gasteiger partial charge in [-0.2, -0.15) is 0 Å². The van der Waals surface area contributed by atoms with Crippen LogP contribution in [0.25, 0.3) is 0 Å². The molecule has 6 heteroatoms. The average molecular weight is 305 g/mol. The summed E-state index contributed by atoms with van der Waals surface area (Å²) >= 11 is 0. The Bertz CT molecular complexity index is 743. The van der Waals surface area contributed by atoms with Crippen molar-refractivity contribution in [3.63, 3.8) is 0 Å². The van der Waals surface area contributed by atoms with E-state index in [-0.39, 0.29) is 4.90 Å². The molecule has 0 aliphatic rings. The van der Waals surface area contributed by atoms with Crippen LogP contribution >= 0.6 is 0 Å². The van der Waals surface area contributed by atoms with E-state index in [2.05, 4.69) is 4.98 Å². The highest BCUT2D eigenvalue weighted by Crippen LogP contribution is 2.28. The number of aryl methyl sites for hydroxylation is 1. The second-order valence-corrected chi connectivity index (χ2v) is 6.67. The zero-order valence-electron chi connectivity index (χ0n) is 12.4. The lowest BCUT2D eigenvalue weighted by Gasteiger charge is -2.24. The van der Waals surface area contributed by atoms with Crippen molar-refractivity contribution in [3.8, 4) is 0 Å². The molecule has 2 rings (SSSR count). The molecule has 0 aliphatic carbocycles. The second-order valence-electron chi connectivity index (χ2n) is 4.84. The Morgan fingerprint density at radius 1 is 1.19 bits per heavy atom. The summed E-state index contributed by atoms with van der Waals surface area (Å²) in [4.78, 5) is 4.17. The SMILES string of the molecule is CCN(c1ccncc1)S(=O)(=O)c1cc(N)cc(C)c1C. The summed E-state index contributed by atoms with van der Waals surface area (Å²) in [5.41, 5.74) is 8.43.